The number of hydrogen-bond donors (Lipinski definition) is 3. The molecule has 0 aliphatic carbocycles. The lowest BCUT2D eigenvalue weighted by atomic mass is 10.2. The molecule has 0 aliphatic rings. The Labute approximate surface area is 107 Å². The molecule has 0 bridgehead atoms. The SMILES string of the molecule is Cc1ccc(N=C(N)N=C(N)N)cc1.Cl.Cl. The van der Waals surface area contributed by atoms with Crippen LogP contribution >= 0.6 is 24.8 Å². The zero-order chi connectivity index (χ0) is 10.6. The minimum atomic E-state index is -0.0987. The van der Waals surface area contributed by atoms with Crippen LogP contribution in [0.1, 0.15) is 5.56 Å². The van der Waals surface area contributed by atoms with Crippen LogP contribution in [0.15, 0.2) is 34.3 Å². The fraction of sp³-hybridized carbons (Fsp3) is 0.111. The van der Waals surface area contributed by atoms with E-state index in [1.807, 2.05) is 31.2 Å². The second kappa shape index (κ2) is 7.78. The Morgan fingerprint density at radius 1 is 1.00 bits per heavy atom. The van der Waals surface area contributed by atoms with Gasteiger partial charge in [0.05, 0.1) is 5.69 Å². The summed E-state index contributed by atoms with van der Waals surface area (Å²) in [6.45, 7) is 1.99. The van der Waals surface area contributed by atoms with E-state index in [-0.39, 0.29) is 36.7 Å². The maximum absolute atomic E-state index is 5.45. The zero-order valence-electron chi connectivity index (χ0n) is 8.75. The van der Waals surface area contributed by atoms with Crippen LogP contribution in [-0.2, 0) is 0 Å². The summed E-state index contributed by atoms with van der Waals surface area (Å²) in [6, 6.07) is 7.54. The first kappa shape index (κ1) is 17.0. The smallest absolute Gasteiger partial charge is 0.223 e. The molecule has 0 unspecified atom stereocenters. The van der Waals surface area contributed by atoms with Gasteiger partial charge in [-0.2, -0.15) is 4.99 Å². The predicted octanol–water partition coefficient (Wildman–Crippen LogP) is 1.06. The van der Waals surface area contributed by atoms with Crippen molar-refractivity contribution in [3.05, 3.63) is 29.8 Å². The molecule has 0 saturated heterocycles. The maximum atomic E-state index is 5.45. The second-order valence-electron chi connectivity index (χ2n) is 2.84. The lowest BCUT2D eigenvalue weighted by molar-refractivity contribution is 1.37. The summed E-state index contributed by atoms with van der Waals surface area (Å²) in [5, 5.41) is 0. The third kappa shape index (κ3) is 6.10. The summed E-state index contributed by atoms with van der Waals surface area (Å²) in [5.41, 5.74) is 17.6. The Morgan fingerprint density at radius 3 is 1.94 bits per heavy atom. The number of halogens is 2. The largest absolute Gasteiger partial charge is 0.370 e. The number of aryl methyl sites for hydroxylation is 1. The third-order valence-electron chi connectivity index (χ3n) is 1.52. The van der Waals surface area contributed by atoms with Crippen molar-refractivity contribution >= 4 is 42.4 Å². The molecule has 90 valence electrons. The Kier molecular flexibility index (Phi) is 8.25. The van der Waals surface area contributed by atoms with E-state index in [0.717, 1.165) is 11.3 Å². The number of aliphatic imine (C=N–C) groups is 2. The van der Waals surface area contributed by atoms with Crippen LogP contribution in [0.25, 0.3) is 0 Å². The standard InChI is InChI=1S/C9H13N5.2ClH/c1-6-2-4-7(5-3-6)13-9(12)14-8(10)11;;/h2-5H,1H3,(H6,10,11,12,13,14);2*1H. The normalized spacial score (nSPS) is 9.69. The van der Waals surface area contributed by atoms with E-state index in [9.17, 15) is 0 Å². The van der Waals surface area contributed by atoms with E-state index in [4.69, 9.17) is 17.2 Å². The summed E-state index contributed by atoms with van der Waals surface area (Å²) in [6.07, 6.45) is 0. The molecular formula is C9H15Cl2N5. The molecule has 6 N–H and O–H groups in total. The van der Waals surface area contributed by atoms with Crippen LogP contribution in [0.5, 0.6) is 0 Å². The molecule has 1 rings (SSSR count). The number of nitrogens with zero attached hydrogens (tertiary/aromatic N) is 2. The summed E-state index contributed by atoms with van der Waals surface area (Å²) in [5.74, 6) is -0.0489. The predicted molar refractivity (Wildman–Crippen MR) is 72.8 cm³/mol. The fourth-order valence-corrected chi connectivity index (χ4v) is 0.909. The summed E-state index contributed by atoms with van der Waals surface area (Å²) < 4.78 is 0. The molecule has 0 aromatic heterocycles. The number of guanidine groups is 2. The molecule has 0 amide bonds. The van der Waals surface area contributed by atoms with E-state index in [0.29, 0.717) is 0 Å². The average Bonchev–Trinajstić information content (AvgIpc) is 2.07. The Balaban J connectivity index is 0. The highest BCUT2D eigenvalue weighted by Crippen LogP contribution is 2.11. The van der Waals surface area contributed by atoms with E-state index >= 15 is 0 Å². The minimum absolute atomic E-state index is 0. The lowest BCUT2D eigenvalue weighted by Crippen LogP contribution is -2.26. The molecule has 1 aromatic rings. The van der Waals surface area contributed by atoms with Gasteiger partial charge in [0.1, 0.15) is 0 Å². The molecule has 0 saturated carbocycles. The highest BCUT2D eigenvalue weighted by atomic mass is 35.5. The van der Waals surface area contributed by atoms with E-state index < -0.39 is 0 Å². The first-order chi connectivity index (χ1) is 6.58. The van der Waals surface area contributed by atoms with Crippen molar-refractivity contribution in [1.29, 1.82) is 0 Å². The van der Waals surface area contributed by atoms with Gasteiger partial charge in [0.15, 0.2) is 5.96 Å². The highest BCUT2D eigenvalue weighted by Gasteiger charge is 1.91. The molecule has 0 aliphatic heterocycles. The molecule has 5 nitrogen and oxygen atoms in total. The van der Waals surface area contributed by atoms with Gasteiger partial charge in [0, 0.05) is 0 Å². The van der Waals surface area contributed by atoms with Gasteiger partial charge in [0.25, 0.3) is 0 Å². The molecule has 0 fully saturated rings. The van der Waals surface area contributed by atoms with E-state index in [1.165, 1.54) is 0 Å². The zero-order valence-corrected chi connectivity index (χ0v) is 10.4. The number of nitrogens with two attached hydrogens (primary N) is 3. The van der Waals surface area contributed by atoms with Crippen LogP contribution in [-0.4, -0.2) is 11.9 Å². The minimum Gasteiger partial charge on any atom is -0.370 e. The van der Waals surface area contributed by atoms with Gasteiger partial charge in [-0.3, -0.25) is 0 Å². The van der Waals surface area contributed by atoms with E-state index in [2.05, 4.69) is 9.98 Å². The molecule has 1 aromatic carbocycles. The van der Waals surface area contributed by atoms with Crippen LogP contribution < -0.4 is 17.2 Å². The fourth-order valence-electron chi connectivity index (χ4n) is 0.909. The first-order valence-corrected chi connectivity index (χ1v) is 4.08. The number of hydrogen-bond acceptors (Lipinski definition) is 1. The molecule has 0 radical (unpaired) electrons. The number of benzene rings is 1. The van der Waals surface area contributed by atoms with Crippen molar-refractivity contribution in [3.8, 4) is 0 Å². The quantitative estimate of drug-likeness (QED) is 0.522. The highest BCUT2D eigenvalue weighted by molar-refractivity contribution is 5.93. The van der Waals surface area contributed by atoms with Gasteiger partial charge < -0.3 is 17.2 Å². The Morgan fingerprint density at radius 2 is 1.50 bits per heavy atom. The second-order valence-corrected chi connectivity index (χ2v) is 2.84. The Bertz CT molecular complexity index is 368. The summed E-state index contributed by atoms with van der Waals surface area (Å²) in [4.78, 5) is 7.58. The van der Waals surface area contributed by atoms with Gasteiger partial charge in [-0.15, -0.1) is 24.8 Å². The third-order valence-corrected chi connectivity index (χ3v) is 1.52. The van der Waals surface area contributed by atoms with Crippen molar-refractivity contribution in [2.24, 2.45) is 27.2 Å². The van der Waals surface area contributed by atoms with Gasteiger partial charge in [-0.1, -0.05) is 17.7 Å². The monoisotopic (exact) mass is 263 g/mol. The van der Waals surface area contributed by atoms with Crippen LogP contribution in [0.4, 0.5) is 5.69 Å². The molecule has 0 heterocycles. The van der Waals surface area contributed by atoms with Crippen LogP contribution in [0.3, 0.4) is 0 Å². The molecule has 7 heteroatoms. The topological polar surface area (TPSA) is 103 Å². The van der Waals surface area contributed by atoms with Gasteiger partial charge in [-0.05, 0) is 19.1 Å². The maximum Gasteiger partial charge on any atom is 0.223 e. The molecule has 0 atom stereocenters. The Hall–Kier alpha value is -1.46. The first-order valence-electron chi connectivity index (χ1n) is 4.08. The molecule has 16 heavy (non-hydrogen) atoms. The summed E-state index contributed by atoms with van der Waals surface area (Å²) in [7, 11) is 0. The molecular weight excluding hydrogens is 249 g/mol. The number of rotatable bonds is 1. The van der Waals surface area contributed by atoms with Gasteiger partial charge >= 0.3 is 0 Å². The molecule has 0 spiro atoms. The lowest BCUT2D eigenvalue weighted by Gasteiger charge is -1.96. The van der Waals surface area contributed by atoms with Crippen LogP contribution in [0, 0.1) is 6.92 Å². The van der Waals surface area contributed by atoms with Crippen molar-refractivity contribution in [3.63, 3.8) is 0 Å². The van der Waals surface area contributed by atoms with Crippen molar-refractivity contribution in [2.45, 2.75) is 6.92 Å². The van der Waals surface area contributed by atoms with Crippen LogP contribution in [0.2, 0.25) is 0 Å². The van der Waals surface area contributed by atoms with Gasteiger partial charge in [-0.25, -0.2) is 4.99 Å². The average molecular weight is 264 g/mol. The summed E-state index contributed by atoms with van der Waals surface area (Å²) >= 11 is 0. The van der Waals surface area contributed by atoms with E-state index in [1.54, 1.807) is 0 Å². The van der Waals surface area contributed by atoms with Gasteiger partial charge in [0.2, 0.25) is 5.96 Å². The van der Waals surface area contributed by atoms with Crippen molar-refractivity contribution in [1.82, 2.24) is 0 Å². The van der Waals surface area contributed by atoms with Crippen molar-refractivity contribution < 1.29 is 0 Å². The van der Waals surface area contributed by atoms with Crippen molar-refractivity contribution in [2.75, 3.05) is 0 Å².